The van der Waals surface area contributed by atoms with Crippen LogP contribution >= 0.6 is 0 Å². The van der Waals surface area contributed by atoms with E-state index >= 15 is 0 Å². The van der Waals surface area contributed by atoms with Gasteiger partial charge in [0.15, 0.2) is 0 Å². The Morgan fingerprint density at radius 3 is 2.69 bits per heavy atom. The highest BCUT2D eigenvalue weighted by atomic mass is 16.4. The summed E-state index contributed by atoms with van der Waals surface area (Å²) in [5.74, 6) is -1.24. The summed E-state index contributed by atoms with van der Waals surface area (Å²) in [6.07, 6.45) is 0.179. The molecule has 4 nitrogen and oxygen atoms in total. The topological polar surface area (TPSA) is 74.6 Å². The summed E-state index contributed by atoms with van der Waals surface area (Å²) in [5, 5.41) is 17.7. The summed E-state index contributed by atoms with van der Waals surface area (Å²) in [7, 11) is 0. The van der Waals surface area contributed by atoms with Crippen molar-refractivity contribution in [3.8, 4) is 5.75 Å². The van der Waals surface area contributed by atoms with Crippen molar-refractivity contribution in [1.82, 2.24) is 0 Å². The van der Waals surface area contributed by atoms with Gasteiger partial charge in [0.05, 0.1) is 6.42 Å². The first kappa shape index (κ1) is 9.25. The van der Waals surface area contributed by atoms with Gasteiger partial charge >= 0.3 is 5.97 Å². The maximum absolute atomic E-state index is 10.5. The summed E-state index contributed by atoms with van der Waals surface area (Å²) in [5.41, 5.74) is 0.368. The van der Waals surface area contributed by atoms with Gasteiger partial charge in [0.1, 0.15) is 12.0 Å². The van der Waals surface area contributed by atoms with Gasteiger partial charge in [0.25, 0.3) is 0 Å². The van der Waals surface area contributed by atoms with Crippen molar-refractivity contribution in [2.24, 2.45) is 0 Å². The third-order valence-corrected chi connectivity index (χ3v) is 1.64. The van der Waals surface area contributed by atoms with Crippen LogP contribution in [0.3, 0.4) is 0 Å². The lowest BCUT2D eigenvalue weighted by molar-refractivity contribution is -0.136. The fraction of sp³-hybridized carbons (Fsp3) is 0.111. The number of aromatic hydroxyl groups is 1. The maximum atomic E-state index is 10.5. The van der Waals surface area contributed by atoms with E-state index in [9.17, 15) is 14.7 Å². The van der Waals surface area contributed by atoms with Crippen LogP contribution in [0.1, 0.15) is 15.9 Å². The summed E-state index contributed by atoms with van der Waals surface area (Å²) < 4.78 is 0. The number of carbonyl (C=O) groups is 2. The third-order valence-electron chi connectivity index (χ3n) is 1.64. The van der Waals surface area contributed by atoms with Crippen molar-refractivity contribution in [1.29, 1.82) is 0 Å². The molecular weight excluding hydrogens is 172 g/mol. The molecule has 68 valence electrons. The molecule has 0 spiro atoms. The molecule has 0 fully saturated rings. The van der Waals surface area contributed by atoms with Crippen LogP contribution in [-0.2, 0) is 11.2 Å². The predicted molar refractivity (Wildman–Crippen MR) is 44.8 cm³/mol. The summed E-state index contributed by atoms with van der Waals surface area (Å²) in [6.45, 7) is 0. The average molecular weight is 180 g/mol. The van der Waals surface area contributed by atoms with E-state index in [-0.39, 0.29) is 23.3 Å². The largest absolute Gasteiger partial charge is 0.508 e. The number of hydrogen-bond acceptors (Lipinski definition) is 3. The Morgan fingerprint density at radius 1 is 1.46 bits per heavy atom. The number of benzene rings is 1. The Bertz CT molecular complexity index is 343. The van der Waals surface area contributed by atoms with Crippen LogP contribution in [0.5, 0.6) is 5.75 Å². The lowest BCUT2D eigenvalue weighted by Gasteiger charge is -2.03. The number of hydrogen-bond donors (Lipinski definition) is 2. The van der Waals surface area contributed by atoms with E-state index in [0.717, 1.165) is 0 Å². The van der Waals surface area contributed by atoms with Gasteiger partial charge in [-0.05, 0) is 6.07 Å². The molecule has 0 amide bonds. The van der Waals surface area contributed by atoms with Crippen LogP contribution in [0.15, 0.2) is 18.2 Å². The average Bonchev–Trinajstić information content (AvgIpc) is 2.08. The standard InChI is InChI=1S/C9H8O4/c10-5-6-2-1-3-8(11)7(6)4-9(12)13/h1-3,5,11H,4H2,(H,12,13). The normalized spacial score (nSPS) is 9.54. The Hall–Kier alpha value is -1.84. The number of phenols is 1. The fourth-order valence-electron chi connectivity index (χ4n) is 1.05. The molecule has 0 unspecified atom stereocenters. The second kappa shape index (κ2) is 3.71. The van der Waals surface area contributed by atoms with Crippen LogP contribution in [0, 0.1) is 0 Å². The molecule has 0 bridgehead atoms. The molecule has 1 aromatic rings. The number of phenolic OH excluding ortho intramolecular Hbond substituents is 1. The molecule has 0 aromatic heterocycles. The molecule has 0 saturated heterocycles. The molecule has 13 heavy (non-hydrogen) atoms. The van der Waals surface area contributed by atoms with Crippen molar-refractivity contribution < 1.29 is 19.8 Å². The zero-order valence-corrected chi connectivity index (χ0v) is 6.73. The number of rotatable bonds is 3. The van der Waals surface area contributed by atoms with Gasteiger partial charge in [-0.1, -0.05) is 12.1 Å². The highest BCUT2D eigenvalue weighted by Crippen LogP contribution is 2.20. The second-order valence-corrected chi connectivity index (χ2v) is 2.53. The Morgan fingerprint density at radius 2 is 2.15 bits per heavy atom. The second-order valence-electron chi connectivity index (χ2n) is 2.53. The van der Waals surface area contributed by atoms with Gasteiger partial charge in [-0.15, -0.1) is 0 Å². The smallest absolute Gasteiger partial charge is 0.307 e. The van der Waals surface area contributed by atoms with Crippen molar-refractivity contribution in [2.45, 2.75) is 6.42 Å². The van der Waals surface area contributed by atoms with Gasteiger partial charge in [-0.25, -0.2) is 0 Å². The number of carboxylic acid groups (broad SMARTS) is 1. The Balaban J connectivity index is 3.14. The number of aliphatic carboxylic acids is 1. The van der Waals surface area contributed by atoms with Gasteiger partial charge in [-0.2, -0.15) is 0 Å². The first-order valence-corrected chi connectivity index (χ1v) is 3.63. The molecule has 4 heteroatoms. The van der Waals surface area contributed by atoms with Gasteiger partial charge in [0.2, 0.25) is 0 Å². The maximum Gasteiger partial charge on any atom is 0.307 e. The SMILES string of the molecule is O=Cc1cccc(O)c1CC(=O)O. The van der Waals surface area contributed by atoms with E-state index in [1.807, 2.05) is 0 Å². The zero-order chi connectivity index (χ0) is 9.84. The Labute approximate surface area is 74.4 Å². The first-order valence-electron chi connectivity index (χ1n) is 3.63. The minimum atomic E-state index is -1.08. The van der Waals surface area contributed by atoms with E-state index in [4.69, 9.17) is 5.11 Å². The molecular formula is C9H8O4. The van der Waals surface area contributed by atoms with Crippen LogP contribution in [0.4, 0.5) is 0 Å². The molecule has 1 aromatic carbocycles. The Kier molecular flexibility index (Phi) is 2.64. The highest BCUT2D eigenvalue weighted by molar-refractivity contribution is 5.82. The van der Waals surface area contributed by atoms with E-state index in [1.54, 1.807) is 0 Å². The lowest BCUT2D eigenvalue weighted by atomic mass is 10.0. The van der Waals surface area contributed by atoms with Gasteiger partial charge in [-0.3, -0.25) is 9.59 Å². The van der Waals surface area contributed by atoms with E-state index < -0.39 is 5.97 Å². The van der Waals surface area contributed by atoms with E-state index in [1.165, 1.54) is 18.2 Å². The molecule has 0 aliphatic rings. The van der Waals surface area contributed by atoms with Gasteiger partial charge < -0.3 is 10.2 Å². The molecule has 0 radical (unpaired) electrons. The number of aldehydes is 1. The quantitative estimate of drug-likeness (QED) is 0.675. The van der Waals surface area contributed by atoms with Crippen LogP contribution in [0.25, 0.3) is 0 Å². The van der Waals surface area contributed by atoms with Crippen LogP contribution in [0.2, 0.25) is 0 Å². The number of carboxylic acids is 1. The molecule has 0 heterocycles. The number of carbonyl (C=O) groups excluding carboxylic acids is 1. The summed E-state index contributed by atoms with van der Waals surface area (Å²) >= 11 is 0. The fourth-order valence-corrected chi connectivity index (χ4v) is 1.05. The molecule has 0 aliphatic heterocycles. The molecule has 0 aliphatic carbocycles. The lowest BCUT2D eigenvalue weighted by Crippen LogP contribution is -2.03. The minimum absolute atomic E-state index is 0.157. The predicted octanol–water partition coefficient (Wildman–Crippen LogP) is 0.832. The minimum Gasteiger partial charge on any atom is -0.508 e. The monoisotopic (exact) mass is 180 g/mol. The molecule has 0 saturated carbocycles. The van der Waals surface area contributed by atoms with Crippen molar-refractivity contribution >= 4 is 12.3 Å². The van der Waals surface area contributed by atoms with Gasteiger partial charge in [0, 0.05) is 11.1 Å². The van der Waals surface area contributed by atoms with Crippen molar-refractivity contribution in [3.63, 3.8) is 0 Å². The summed E-state index contributed by atoms with van der Waals surface area (Å²) in [4.78, 5) is 20.8. The third kappa shape index (κ3) is 2.05. The van der Waals surface area contributed by atoms with Crippen molar-refractivity contribution in [2.75, 3.05) is 0 Å². The van der Waals surface area contributed by atoms with Crippen LogP contribution in [-0.4, -0.2) is 22.5 Å². The van der Waals surface area contributed by atoms with E-state index in [0.29, 0.717) is 6.29 Å². The molecule has 1 rings (SSSR count). The van der Waals surface area contributed by atoms with E-state index in [2.05, 4.69) is 0 Å². The zero-order valence-electron chi connectivity index (χ0n) is 6.73. The van der Waals surface area contributed by atoms with Crippen molar-refractivity contribution in [3.05, 3.63) is 29.3 Å². The molecule has 0 atom stereocenters. The molecule has 2 N–H and O–H groups in total. The summed E-state index contributed by atoms with van der Waals surface area (Å²) in [6, 6.07) is 4.31. The van der Waals surface area contributed by atoms with Crippen LogP contribution < -0.4 is 0 Å². The highest BCUT2D eigenvalue weighted by Gasteiger charge is 2.10. The first-order chi connectivity index (χ1) is 6.15.